The predicted octanol–water partition coefficient (Wildman–Crippen LogP) is 0.695. The fraction of sp³-hybridized carbons (Fsp3) is 0.545. The fourth-order valence-corrected chi connectivity index (χ4v) is 2.68. The average molecular weight is 219 g/mol. The van der Waals surface area contributed by atoms with Gasteiger partial charge in [-0.2, -0.15) is 5.10 Å². The van der Waals surface area contributed by atoms with Gasteiger partial charge >= 0.3 is 0 Å². The Hall–Kier alpha value is -1.65. The molecule has 84 valence electrons. The number of aromatic nitrogens is 2. The van der Waals surface area contributed by atoms with Crippen LogP contribution in [0.1, 0.15) is 24.8 Å². The zero-order valence-corrected chi connectivity index (χ0v) is 8.85. The monoisotopic (exact) mass is 219 g/mol. The van der Waals surface area contributed by atoms with Crippen LogP contribution in [0.25, 0.3) is 0 Å². The molecule has 1 aromatic rings. The molecule has 0 aromatic carbocycles. The van der Waals surface area contributed by atoms with E-state index < -0.39 is 0 Å². The minimum absolute atomic E-state index is 0.0000463. The highest BCUT2D eigenvalue weighted by atomic mass is 16.2. The summed E-state index contributed by atoms with van der Waals surface area (Å²) in [5.74, 6) is 0.157. The lowest BCUT2D eigenvalue weighted by Gasteiger charge is -2.29. The van der Waals surface area contributed by atoms with Gasteiger partial charge in [-0.15, -0.1) is 0 Å². The molecule has 0 radical (unpaired) electrons. The Labute approximate surface area is 92.8 Å². The summed E-state index contributed by atoms with van der Waals surface area (Å²) < 4.78 is 0. The maximum Gasteiger partial charge on any atom is 0.232 e. The van der Waals surface area contributed by atoms with Crippen molar-refractivity contribution in [1.82, 2.24) is 15.1 Å². The van der Waals surface area contributed by atoms with Crippen molar-refractivity contribution in [2.24, 2.45) is 11.8 Å². The van der Waals surface area contributed by atoms with Crippen molar-refractivity contribution in [3.05, 3.63) is 18.0 Å². The minimum atomic E-state index is -0.0000463. The number of hydrogen-bond acceptors (Lipinski definition) is 3. The van der Waals surface area contributed by atoms with Crippen LogP contribution in [0.15, 0.2) is 12.4 Å². The van der Waals surface area contributed by atoms with Crippen molar-refractivity contribution in [1.29, 1.82) is 0 Å². The maximum atomic E-state index is 12.0. The topological polar surface area (TPSA) is 66.1 Å². The molecular formula is C11H13N3O2. The second-order valence-electron chi connectivity index (χ2n) is 4.58. The first-order valence-electron chi connectivity index (χ1n) is 5.58. The van der Waals surface area contributed by atoms with Crippen LogP contribution >= 0.6 is 0 Å². The molecule has 2 fully saturated rings. The molecule has 2 heterocycles. The first kappa shape index (κ1) is 9.57. The van der Waals surface area contributed by atoms with Gasteiger partial charge in [0.2, 0.25) is 11.8 Å². The quantitative estimate of drug-likeness (QED) is 0.744. The lowest BCUT2D eigenvalue weighted by atomic mass is 9.97. The number of carbonyl (C=O) groups excluding carboxylic acids is 2. The Morgan fingerprint density at radius 2 is 2.00 bits per heavy atom. The van der Waals surface area contributed by atoms with Gasteiger partial charge in [0, 0.05) is 23.6 Å². The van der Waals surface area contributed by atoms with E-state index in [0.29, 0.717) is 6.54 Å². The Bertz CT molecular complexity index is 404. The van der Waals surface area contributed by atoms with E-state index >= 15 is 0 Å². The number of H-pyrrole nitrogens is 1. The number of likely N-dealkylation sites (tertiary alicyclic amines) is 1. The third kappa shape index (κ3) is 1.35. The van der Waals surface area contributed by atoms with Crippen molar-refractivity contribution < 1.29 is 9.59 Å². The third-order valence-electron chi connectivity index (χ3n) is 3.56. The summed E-state index contributed by atoms with van der Waals surface area (Å²) in [6, 6.07) is 0. The molecule has 2 unspecified atom stereocenters. The summed E-state index contributed by atoms with van der Waals surface area (Å²) in [5, 5.41) is 6.50. The number of hydrogen-bond donors (Lipinski definition) is 1. The van der Waals surface area contributed by atoms with E-state index in [1.54, 1.807) is 12.4 Å². The molecular weight excluding hydrogens is 206 g/mol. The highest BCUT2D eigenvalue weighted by molar-refractivity contribution is 6.00. The van der Waals surface area contributed by atoms with Crippen LogP contribution in [0.3, 0.4) is 0 Å². The van der Waals surface area contributed by atoms with E-state index in [0.717, 1.165) is 24.8 Å². The summed E-state index contributed by atoms with van der Waals surface area (Å²) in [5.41, 5.74) is 0.878. The summed E-state index contributed by atoms with van der Waals surface area (Å²) in [6.07, 6.45) is 5.88. The molecule has 2 bridgehead atoms. The lowest BCUT2D eigenvalue weighted by Crippen LogP contribution is -2.45. The van der Waals surface area contributed by atoms with Gasteiger partial charge in [0.05, 0.1) is 12.7 Å². The van der Waals surface area contributed by atoms with Crippen LogP contribution in [0, 0.1) is 11.8 Å². The maximum absolute atomic E-state index is 12.0. The number of amides is 2. The van der Waals surface area contributed by atoms with Crippen molar-refractivity contribution in [3.8, 4) is 0 Å². The van der Waals surface area contributed by atoms with E-state index in [1.807, 2.05) is 0 Å². The number of piperidine rings is 1. The van der Waals surface area contributed by atoms with E-state index in [-0.39, 0.29) is 23.7 Å². The summed E-state index contributed by atoms with van der Waals surface area (Å²) in [6.45, 7) is 0.362. The number of imide groups is 1. The first-order chi connectivity index (χ1) is 7.75. The number of rotatable bonds is 2. The molecule has 2 atom stereocenters. The summed E-state index contributed by atoms with van der Waals surface area (Å²) >= 11 is 0. The Balaban J connectivity index is 1.83. The van der Waals surface area contributed by atoms with Gasteiger partial charge in [0.15, 0.2) is 0 Å². The number of carbonyl (C=O) groups is 2. The fourth-order valence-electron chi connectivity index (χ4n) is 2.68. The van der Waals surface area contributed by atoms with Gasteiger partial charge in [-0.1, -0.05) is 0 Å². The van der Waals surface area contributed by atoms with Crippen molar-refractivity contribution in [2.75, 3.05) is 0 Å². The average Bonchev–Trinajstić information content (AvgIpc) is 2.92. The smallest absolute Gasteiger partial charge is 0.232 e. The lowest BCUT2D eigenvalue weighted by molar-refractivity contribution is -0.153. The molecule has 1 saturated heterocycles. The van der Waals surface area contributed by atoms with Crippen LogP contribution in [-0.2, 0) is 16.1 Å². The third-order valence-corrected chi connectivity index (χ3v) is 3.56. The second kappa shape index (κ2) is 3.43. The second-order valence-corrected chi connectivity index (χ2v) is 4.58. The van der Waals surface area contributed by atoms with E-state index in [9.17, 15) is 9.59 Å². The molecule has 1 aromatic heterocycles. The highest BCUT2D eigenvalue weighted by Gasteiger charge is 2.45. The standard InChI is InChI=1S/C11H13N3O2/c15-10-8-1-2-9(3-8)11(16)14(10)6-7-4-12-13-5-7/h4-5,8-9H,1-3,6H2,(H,12,13). The Morgan fingerprint density at radius 3 is 2.56 bits per heavy atom. The number of fused-ring (bicyclic) bond motifs is 2. The summed E-state index contributed by atoms with van der Waals surface area (Å²) in [7, 11) is 0. The van der Waals surface area contributed by atoms with Crippen molar-refractivity contribution >= 4 is 11.8 Å². The van der Waals surface area contributed by atoms with E-state index in [4.69, 9.17) is 0 Å². The largest absolute Gasteiger partial charge is 0.285 e. The van der Waals surface area contributed by atoms with Crippen molar-refractivity contribution in [3.63, 3.8) is 0 Å². The number of nitrogens with one attached hydrogen (secondary N) is 1. The van der Waals surface area contributed by atoms with E-state index in [1.165, 1.54) is 4.90 Å². The molecule has 1 N–H and O–H groups in total. The minimum Gasteiger partial charge on any atom is -0.285 e. The van der Waals surface area contributed by atoms with Crippen molar-refractivity contribution in [2.45, 2.75) is 25.8 Å². The number of nitrogens with zero attached hydrogens (tertiary/aromatic N) is 2. The zero-order valence-electron chi connectivity index (χ0n) is 8.85. The molecule has 1 aliphatic heterocycles. The van der Waals surface area contributed by atoms with Gasteiger partial charge in [-0.3, -0.25) is 19.6 Å². The first-order valence-corrected chi connectivity index (χ1v) is 5.58. The Morgan fingerprint density at radius 1 is 1.31 bits per heavy atom. The van der Waals surface area contributed by atoms with Gasteiger partial charge in [-0.25, -0.2) is 0 Å². The number of aromatic amines is 1. The highest BCUT2D eigenvalue weighted by Crippen LogP contribution is 2.38. The van der Waals surface area contributed by atoms with Gasteiger partial charge in [0.1, 0.15) is 0 Å². The molecule has 1 saturated carbocycles. The molecule has 16 heavy (non-hydrogen) atoms. The molecule has 2 aliphatic rings. The Kier molecular flexibility index (Phi) is 2.05. The van der Waals surface area contributed by atoms with E-state index in [2.05, 4.69) is 10.2 Å². The van der Waals surface area contributed by atoms with Crippen LogP contribution in [0.2, 0.25) is 0 Å². The summed E-state index contributed by atoms with van der Waals surface area (Å²) in [4.78, 5) is 25.4. The molecule has 1 aliphatic carbocycles. The molecule has 5 nitrogen and oxygen atoms in total. The van der Waals surface area contributed by atoms with Crippen LogP contribution in [-0.4, -0.2) is 26.9 Å². The SMILES string of the molecule is O=C1C2CCC(C2)C(=O)N1Cc1cn[nH]c1. The van der Waals surface area contributed by atoms with Crippen LogP contribution < -0.4 is 0 Å². The molecule has 2 amide bonds. The van der Waals surface area contributed by atoms with Gasteiger partial charge < -0.3 is 0 Å². The molecule has 0 spiro atoms. The predicted molar refractivity (Wildman–Crippen MR) is 55.0 cm³/mol. The molecule has 5 heteroatoms. The van der Waals surface area contributed by atoms with Crippen LogP contribution in [0.4, 0.5) is 0 Å². The normalized spacial score (nSPS) is 28.9. The van der Waals surface area contributed by atoms with Gasteiger partial charge in [0.25, 0.3) is 0 Å². The zero-order chi connectivity index (χ0) is 11.1. The molecule has 3 rings (SSSR count). The van der Waals surface area contributed by atoms with Gasteiger partial charge in [-0.05, 0) is 19.3 Å². The van der Waals surface area contributed by atoms with Crippen LogP contribution in [0.5, 0.6) is 0 Å².